The zero-order chi connectivity index (χ0) is 13.0. The van der Waals surface area contributed by atoms with Crippen LogP contribution < -0.4 is 0 Å². The highest BCUT2D eigenvalue weighted by Gasteiger charge is 2.21. The van der Waals surface area contributed by atoms with E-state index in [9.17, 15) is 19.1 Å². The van der Waals surface area contributed by atoms with Crippen molar-refractivity contribution in [1.82, 2.24) is 0 Å². The van der Waals surface area contributed by atoms with Crippen molar-refractivity contribution in [2.24, 2.45) is 0 Å². The highest BCUT2D eigenvalue weighted by Crippen LogP contribution is 2.26. The maximum Gasteiger partial charge on any atom is 0.318 e. The van der Waals surface area contributed by atoms with E-state index >= 15 is 0 Å². The first-order chi connectivity index (χ1) is 7.95. The first-order valence-electron chi connectivity index (χ1n) is 4.35. The first kappa shape index (κ1) is 13.6. The van der Waals surface area contributed by atoms with Crippen LogP contribution in [0.1, 0.15) is 0 Å². The Bertz CT molecular complexity index is 490. The fourth-order valence-corrected chi connectivity index (χ4v) is 2.31. The number of hydrogen-bond acceptors (Lipinski definition) is 5. The molecular formula is C9H8ClNO5S. The monoisotopic (exact) mass is 277 g/mol. The topological polar surface area (TPSA) is 86.5 Å². The minimum Gasteiger partial charge on any atom is -0.468 e. The lowest BCUT2D eigenvalue weighted by Gasteiger charge is -2.02. The number of nitrogens with zero attached hydrogens (tertiary/aromatic N) is 1. The van der Waals surface area contributed by atoms with Crippen LogP contribution in [-0.4, -0.2) is 28.0 Å². The van der Waals surface area contributed by atoms with Gasteiger partial charge in [-0.25, -0.2) is 0 Å². The maximum atomic E-state index is 11.7. The molecule has 0 saturated heterocycles. The number of nitro benzene ring substituents is 1. The summed E-state index contributed by atoms with van der Waals surface area (Å²) in [7, 11) is -0.680. The summed E-state index contributed by atoms with van der Waals surface area (Å²) in [4.78, 5) is 20.9. The quantitative estimate of drug-likeness (QED) is 0.473. The number of rotatable bonds is 4. The second-order valence-electron chi connectivity index (χ2n) is 2.94. The predicted octanol–water partition coefficient (Wildman–Crippen LogP) is 1.53. The molecule has 0 aliphatic heterocycles. The molecule has 0 aliphatic rings. The van der Waals surface area contributed by atoms with E-state index in [1.807, 2.05) is 0 Å². The van der Waals surface area contributed by atoms with Gasteiger partial charge < -0.3 is 4.74 Å². The van der Waals surface area contributed by atoms with Crippen LogP contribution in [-0.2, 0) is 20.3 Å². The van der Waals surface area contributed by atoms with E-state index in [2.05, 4.69) is 4.74 Å². The molecular weight excluding hydrogens is 270 g/mol. The van der Waals surface area contributed by atoms with Gasteiger partial charge in [-0.3, -0.25) is 19.1 Å². The lowest BCUT2D eigenvalue weighted by molar-refractivity contribution is -0.387. The molecule has 0 fully saturated rings. The lowest BCUT2D eigenvalue weighted by atomic mass is 10.3. The number of carbonyl (C=O) groups excluding carboxylic acids is 1. The molecule has 6 nitrogen and oxygen atoms in total. The van der Waals surface area contributed by atoms with Gasteiger partial charge in [0.15, 0.2) is 0 Å². The molecule has 1 unspecified atom stereocenters. The number of benzene rings is 1. The number of esters is 1. The van der Waals surface area contributed by atoms with Crippen LogP contribution in [0.3, 0.4) is 0 Å². The Kier molecular flexibility index (Phi) is 4.59. The molecule has 1 atom stereocenters. The molecule has 0 aliphatic carbocycles. The first-order valence-corrected chi connectivity index (χ1v) is 6.04. The van der Waals surface area contributed by atoms with Crippen molar-refractivity contribution in [3.8, 4) is 0 Å². The van der Waals surface area contributed by atoms with E-state index in [0.717, 1.165) is 13.2 Å². The summed E-state index contributed by atoms with van der Waals surface area (Å²) in [6.07, 6.45) is 0. The van der Waals surface area contributed by atoms with Crippen LogP contribution in [0.4, 0.5) is 5.69 Å². The van der Waals surface area contributed by atoms with Crippen molar-refractivity contribution in [2.75, 3.05) is 12.9 Å². The summed E-state index contributed by atoms with van der Waals surface area (Å²) >= 11 is 5.60. The van der Waals surface area contributed by atoms with Gasteiger partial charge in [0.05, 0.1) is 22.8 Å². The molecule has 1 rings (SSSR count). The van der Waals surface area contributed by atoms with Crippen molar-refractivity contribution in [2.45, 2.75) is 4.90 Å². The molecule has 0 spiro atoms. The highest BCUT2D eigenvalue weighted by atomic mass is 35.5. The SMILES string of the molecule is COC(=O)CS(=O)c1ccc(Cl)cc1[N+](=O)[O-]. The summed E-state index contributed by atoms with van der Waals surface area (Å²) < 4.78 is 16.1. The van der Waals surface area contributed by atoms with Crippen LogP contribution in [0.5, 0.6) is 0 Å². The average molecular weight is 278 g/mol. The molecule has 0 saturated carbocycles. The maximum absolute atomic E-state index is 11.7. The number of ether oxygens (including phenoxy) is 1. The Morgan fingerprint density at radius 2 is 2.24 bits per heavy atom. The molecule has 92 valence electrons. The van der Waals surface area contributed by atoms with Gasteiger partial charge >= 0.3 is 5.97 Å². The van der Waals surface area contributed by atoms with E-state index in [0.29, 0.717) is 0 Å². The van der Waals surface area contributed by atoms with Gasteiger partial charge in [0.1, 0.15) is 10.6 Å². The number of halogens is 1. The molecule has 1 aromatic rings. The molecule has 8 heteroatoms. The number of methoxy groups -OCH3 is 1. The standard InChI is InChI=1S/C9H8ClNO5S/c1-16-9(12)5-17(15)8-3-2-6(10)4-7(8)11(13)14/h2-4H,5H2,1H3. The van der Waals surface area contributed by atoms with Gasteiger partial charge in [-0.2, -0.15) is 0 Å². The molecule has 17 heavy (non-hydrogen) atoms. The van der Waals surface area contributed by atoms with Gasteiger partial charge in [-0.15, -0.1) is 0 Å². The number of carbonyl (C=O) groups is 1. The van der Waals surface area contributed by atoms with Crippen molar-refractivity contribution in [3.05, 3.63) is 33.3 Å². The average Bonchev–Trinajstić information content (AvgIpc) is 2.28. The molecule has 0 radical (unpaired) electrons. The third-order valence-electron chi connectivity index (χ3n) is 1.84. The van der Waals surface area contributed by atoms with Gasteiger partial charge in [0.25, 0.3) is 5.69 Å². The van der Waals surface area contributed by atoms with Crippen molar-refractivity contribution < 1.29 is 18.7 Å². The zero-order valence-electron chi connectivity index (χ0n) is 8.71. The van der Waals surface area contributed by atoms with Crippen molar-refractivity contribution >= 4 is 34.1 Å². The summed E-state index contributed by atoms with van der Waals surface area (Å²) in [6, 6.07) is 3.73. The Balaban J connectivity index is 3.09. The summed E-state index contributed by atoms with van der Waals surface area (Å²) in [5, 5.41) is 10.9. The Morgan fingerprint density at radius 1 is 1.59 bits per heavy atom. The zero-order valence-corrected chi connectivity index (χ0v) is 10.3. The van der Waals surface area contributed by atoms with E-state index in [-0.39, 0.29) is 15.6 Å². The normalized spacial score (nSPS) is 11.9. The number of hydrogen-bond donors (Lipinski definition) is 0. The summed E-state index contributed by atoms with van der Waals surface area (Å²) in [5.74, 6) is -1.13. The van der Waals surface area contributed by atoms with Crippen molar-refractivity contribution in [3.63, 3.8) is 0 Å². The molecule has 0 heterocycles. The summed E-state index contributed by atoms with van der Waals surface area (Å²) in [6.45, 7) is 0. The van der Waals surface area contributed by atoms with Crippen LogP contribution in [0.15, 0.2) is 23.1 Å². The van der Waals surface area contributed by atoms with Gasteiger partial charge in [-0.05, 0) is 12.1 Å². The fourth-order valence-electron chi connectivity index (χ4n) is 1.07. The molecule has 0 bridgehead atoms. The molecule has 0 aromatic heterocycles. The molecule has 1 aromatic carbocycles. The van der Waals surface area contributed by atoms with Crippen LogP contribution in [0.2, 0.25) is 5.02 Å². The Hall–Kier alpha value is -1.47. The largest absolute Gasteiger partial charge is 0.468 e. The van der Waals surface area contributed by atoms with Crippen molar-refractivity contribution in [1.29, 1.82) is 0 Å². The second-order valence-corrected chi connectivity index (χ2v) is 4.79. The van der Waals surface area contributed by atoms with Gasteiger partial charge in [0.2, 0.25) is 0 Å². The minimum absolute atomic E-state index is 0.0511. The third kappa shape index (κ3) is 3.50. The van der Waals surface area contributed by atoms with Gasteiger partial charge in [-0.1, -0.05) is 11.6 Å². The van der Waals surface area contributed by atoms with Crippen LogP contribution >= 0.6 is 11.6 Å². The van der Waals surface area contributed by atoms with Gasteiger partial charge in [0, 0.05) is 11.1 Å². The smallest absolute Gasteiger partial charge is 0.318 e. The fraction of sp³-hybridized carbons (Fsp3) is 0.222. The lowest BCUT2D eigenvalue weighted by Crippen LogP contribution is -2.13. The van der Waals surface area contributed by atoms with Crippen LogP contribution in [0, 0.1) is 10.1 Å². The van der Waals surface area contributed by atoms with E-state index in [1.54, 1.807) is 0 Å². The molecule has 0 N–H and O–H groups in total. The van der Waals surface area contributed by atoms with E-state index < -0.39 is 27.4 Å². The second kappa shape index (κ2) is 5.74. The minimum atomic E-state index is -1.83. The summed E-state index contributed by atoms with van der Waals surface area (Å²) in [5.41, 5.74) is -0.375. The Morgan fingerprint density at radius 3 is 2.76 bits per heavy atom. The van der Waals surface area contributed by atoms with E-state index in [4.69, 9.17) is 11.6 Å². The highest BCUT2D eigenvalue weighted by molar-refractivity contribution is 7.85. The number of nitro groups is 1. The Labute approximate surface area is 104 Å². The third-order valence-corrected chi connectivity index (χ3v) is 3.41. The predicted molar refractivity (Wildman–Crippen MR) is 61.4 cm³/mol. The van der Waals surface area contributed by atoms with E-state index in [1.165, 1.54) is 12.1 Å². The van der Waals surface area contributed by atoms with Crippen LogP contribution in [0.25, 0.3) is 0 Å². The molecule has 0 amide bonds.